The molecule has 1 saturated carbocycles. The first kappa shape index (κ1) is 14.0. The number of ether oxygens (including phenoxy) is 1. The molecule has 0 amide bonds. The summed E-state index contributed by atoms with van der Waals surface area (Å²) in [6.45, 7) is 8.49. The maximum atomic E-state index is 5.79. The molecule has 1 aliphatic carbocycles. The van der Waals surface area contributed by atoms with Crippen molar-refractivity contribution in [2.75, 3.05) is 13.2 Å². The lowest BCUT2D eigenvalue weighted by atomic mass is 9.84. The number of hydrogen-bond donors (Lipinski definition) is 1. The van der Waals surface area contributed by atoms with E-state index in [1.165, 1.54) is 38.5 Å². The minimum Gasteiger partial charge on any atom is -0.377 e. The molecule has 2 heteroatoms. The van der Waals surface area contributed by atoms with Crippen molar-refractivity contribution in [2.24, 2.45) is 5.92 Å². The third kappa shape index (κ3) is 5.31. The molecule has 0 aromatic carbocycles. The molecular formula is C14H29NO. The molecule has 0 bridgehead atoms. The molecule has 0 spiro atoms. The maximum Gasteiger partial charge on any atom is 0.0625 e. The molecule has 0 aliphatic heterocycles. The molecule has 1 rings (SSSR count). The summed E-state index contributed by atoms with van der Waals surface area (Å²) in [5, 5.41) is 3.67. The van der Waals surface area contributed by atoms with Crippen molar-refractivity contribution in [3.05, 3.63) is 0 Å². The van der Waals surface area contributed by atoms with E-state index in [0.717, 1.165) is 19.1 Å². The van der Waals surface area contributed by atoms with Gasteiger partial charge in [0.1, 0.15) is 0 Å². The van der Waals surface area contributed by atoms with Crippen LogP contribution >= 0.6 is 0 Å². The minimum atomic E-state index is 0.356. The van der Waals surface area contributed by atoms with Crippen LogP contribution in [0.4, 0.5) is 0 Å². The molecule has 1 atom stereocenters. The standard InChI is InChI=1S/C14H29NO/c1-4-10-15-14(11-16-12(2)3)13-8-6-5-7-9-13/h12-15H,4-11H2,1-3H3. The van der Waals surface area contributed by atoms with Crippen molar-refractivity contribution in [3.63, 3.8) is 0 Å². The predicted molar refractivity (Wildman–Crippen MR) is 69.7 cm³/mol. The molecule has 0 saturated heterocycles. The number of hydrogen-bond acceptors (Lipinski definition) is 2. The first-order valence-corrected chi connectivity index (χ1v) is 7.09. The Kier molecular flexibility index (Phi) is 7.06. The van der Waals surface area contributed by atoms with E-state index in [4.69, 9.17) is 4.74 Å². The predicted octanol–water partition coefficient (Wildman–Crippen LogP) is 3.36. The molecule has 2 nitrogen and oxygen atoms in total. The highest BCUT2D eigenvalue weighted by Gasteiger charge is 2.23. The van der Waals surface area contributed by atoms with E-state index >= 15 is 0 Å². The van der Waals surface area contributed by atoms with Gasteiger partial charge in [0.25, 0.3) is 0 Å². The van der Waals surface area contributed by atoms with Crippen molar-refractivity contribution >= 4 is 0 Å². The van der Waals surface area contributed by atoms with E-state index in [2.05, 4.69) is 26.1 Å². The molecule has 1 unspecified atom stereocenters. The van der Waals surface area contributed by atoms with Gasteiger partial charge in [0.15, 0.2) is 0 Å². The van der Waals surface area contributed by atoms with E-state index in [-0.39, 0.29) is 0 Å². The summed E-state index contributed by atoms with van der Waals surface area (Å²) >= 11 is 0. The Morgan fingerprint density at radius 2 is 1.88 bits per heavy atom. The van der Waals surface area contributed by atoms with E-state index in [0.29, 0.717) is 12.1 Å². The molecule has 1 aliphatic rings. The highest BCUT2D eigenvalue weighted by molar-refractivity contribution is 4.79. The third-order valence-corrected chi connectivity index (χ3v) is 3.48. The zero-order chi connectivity index (χ0) is 11.8. The van der Waals surface area contributed by atoms with Gasteiger partial charge in [-0.2, -0.15) is 0 Å². The molecular weight excluding hydrogens is 198 g/mol. The largest absolute Gasteiger partial charge is 0.377 e. The summed E-state index contributed by atoms with van der Waals surface area (Å²) in [4.78, 5) is 0. The van der Waals surface area contributed by atoms with Gasteiger partial charge < -0.3 is 10.1 Å². The lowest BCUT2D eigenvalue weighted by molar-refractivity contribution is 0.0429. The van der Waals surface area contributed by atoms with Crippen molar-refractivity contribution in [3.8, 4) is 0 Å². The molecule has 16 heavy (non-hydrogen) atoms. The van der Waals surface area contributed by atoms with Crippen LogP contribution in [0.15, 0.2) is 0 Å². The van der Waals surface area contributed by atoms with Crippen LogP contribution in [-0.2, 0) is 4.74 Å². The smallest absolute Gasteiger partial charge is 0.0625 e. The number of nitrogens with one attached hydrogen (secondary N) is 1. The van der Waals surface area contributed by atoms with Gasteiger partial charge in [0, 0.05) is 6.04 Å². The molecule has 0 aromatic rings. The summed E-state index contributed by atoms with van der Waals surface area (Å²) < 4.78 is 5.79. The first-order valence-electron chi connectivity index (χ1n) is 7.09. The van der Waals surface area contributed by atoms with Gasteiger partial charge in [-0.3, -0.25) is 0 Å². The van der Waals surface area contributed by atoms with Gasteiger partial charge in [0.2, 0.25) is 0 Å². The van der Waals surface area contributed by atoms with Crippen LogP contribution in [-0.4, -0.2) is 25.3 Å². The quantitative estimate of drug-likeness (QED) is 0.720. The summed E-state index contributed by atoms with van der Waals surface area (Å²) in [5.41, 5.74) is 0. The molecule has 0 radical (unpaired) electrons. The summed E-state index contributed by atoms with van der Waals surface area (Å²) in [7, 11) is 0. The van der Waals surface area contributed by atoms with Crippen molar-refractivity contribution in [1.82, 2.24) is 5.32 Å². The lowest BCUT2D eigenvalue weighted by Crippen LogP contribution is -2.41. The van der Waals surface area contributed by atoms with E-state index in [1.54, 1.807) is 0 Å². The Morgan fingerprint density at radius 3 is 2.44 bits per heavy atom. The van der Waals surface area contributed by atoms with Crippen molar-refractivity contribution < 1.29 is 4.74 Å². The van der Waals surface area contributed by atoms with Crippen LogP contribution in [0.3, 0.4) is 0 Å². The summed E-state index contributed by atoms with van der Waals surface area (Å²) in [6, 6.07) is 0.586. The van der Waals surface area contributed by atoms with Crippen LogP contribution < -0.4 is 5.32 Å². The van der Waals surface area contributed by atoms with Gasteiger partial charge in [-0.15, -0.1) is 0 Å². The second-order valence-electron chi connectivity index (χ2n) is 5.34. The van der Waals surface area contributed by atoms with E-state index < -0.39 is 0 Å². The van der Waals surface area contributed by atoms with Crippen LogP contribution in [0, 0.1) is 5.92 Å². The average Bonchev–Trinajstić information content (AvgIpc) is 2.30. The molecule has 1 N–H and O–H groups in total. The zero-order valence-corrected chi connectivity index (χ0v) is 11.3. The van der Waals surface area contributed by atoms with Crippen LogP contribution in [0.1, 0.15) is 59.3 Å². The topological polar surface area (TPSA) is 21.3 Å². The van der Waals surface area contributed by atoms with Crippen molar-refractivity contribution in [1.29, 1.82) is 0 Å². The Bertz CT molecular complexity index is 164. The Balaban J connectivity index is 2.34. The van der Waals surface area contributed by atoms with Crippen molar-refractivity contribution in [2.45, 2.75) is 71.4 Å². The van der Waals surface area contributed by atoms with Gasteiger partial charge in [-0.25, -0.2) is 0 Å². The highest BCUT2D eigenvalue weighted by atomic mass is 16.5. The summed E-state index contributed by atoms with van der Waals surface area (Å²) in [6.07, 6.45) is 8.61. The van der Waals surface area contributed by atoms with Crippen LogP contribution in [0.5, 0.6) is 0 Å². The molecule has 1 fully saturated rings. The van der Waals surface area contributed by atoms with E-state index in [9.17, 15) is 0 Å². The number of rotatable bonds is 7. The Hall–Kier alpha value is -0.0800. The van der Waals surface area contributed by atoms with Crippen LogP contribution in [0.25, 0.3) is 0 Å². The molecule has 96 valence electrons. The van der Waals surface area contributed by atoms with Crippen LogP contribution in [0.2, 0.25) is 0 Å². The zero-order valence-electron chi connectivity index (χ0n) is 11.3. The monoisotopic (exact) mass is 227 g/mol. The van der Waals surface area contributed by atoms with Gasteiger partial charge in [-0.1, -0.05) is 26.2 Å². The fraction of sp³-hybridized carbons (Fsp3) is 1.00. The van der Waals surface area contributed by atoms with Gasteiger partial charge in [0.05, 0.1) is 12.7 Å². The Labute approximate surface area is 101 Å². The SMILES string of the molecule is CCCNC(COC(C)C)C1CCCCC1. The van der Waals surface area contributed by atoms with E-state index in [1.807, 2.05) is 0 Å². The normalized spacial score (nSPS) is 20.2. The highest BCUT2D eigenvalue weighted by Crippen LogP contribution is 2.26. The van der Waals surface area contributed by atoms with Gasteiger partial charge >= 0.3 is 0 Å². The fourth-order valence-electron chi connectivity index (χ4n) is 2.52. The lowest BCUT2D eigenvalue weighted by Gasteiger charge is -2.31. The Morgan fingerprint density at radius 1 is 1.19 bits per heavy atom. The fourth-order valence-corrected chi connectivity index (χ4v) is 2.52. The summed E-state index contributed by atoms with van der Waals surface area (Å²) in [5.74, 6) is 0.846. The second kappa shape index (κ2) is 8.08. The minimum absolute atomic E-state index is 0.356. The molecule has 0 aromatic heterocycles. The van der Waals surface area contributed by atoms with Gasteiger partial charge in [-0.05, 0) is 45.6 Å². The maximum absolute atomic E-state index is 5.79. The third-order valence-electron chi connectivity index (χ3n) is 3.48. The first-order chi connectivity index (χ1) is 7.74. The second-order valence-corrected chi connectivity index (χ2v) is 5.34. The molecule has 0 heterocycles. The average molecular weight is 227 g/mol.